The Bertz CT molecular complexity index is 1420. The molecule has 0 radical (unpaired) electrons. The van der Waals surface area contributed by atoms with Gasteiger partial charge in [0.15, 0.2) is 11.5 Å². The fraction of sp³-hybridized carbons (Fsp3) is 0.333. The molecule has 35 heavy (non-hydrogen) atoms. The summed E-state index contributed by atoms with van der Waals surface area (Å²) in [5.41, 5.74) is 4.43. The number of nitrogens with one attached hydrogen (secondary N) is 1. The van der Waals surface area contributed by atoms with Crippen molar-refractivity contribution in [3.63, 3.8) is 0 Å². The number of aromatic amines is 1. The van der Waals surface area contributed by atoms with E-state index >= 15 is 0 Å². The van der Waals surface area contributed by atoms with E-state index in [2.05, 4.69) is 29.9 Å². The first kappa shape index (κ1) is 23.0. The molecule has 2 N–H and O–H groups in total. The second kappa shape index (κ2) is 9.46. The molecule has 1 fully saturated rings. The van der Waals surface area contributed by atoms with E-state index < -0.39 is 0 Å². The second-order valence-electron chi connectivity index (χ2n) is 9.36. The first-order chi connectivity index (χ1) is 17.0. The van der Waals surface area contributed by atoms with Gasteiger partial charge >= 0.3 is 5.69 Å². The molecule has 8 heteroatoms. The van der Waals surface area contributed by atoms with Gasteiger partial charge in [-0.15, -0.1) is 0 Å². The lowest BCUT2D eigenvalue weighted by Gasteiger charge is -2.23. The Morgan fingerprint density at radius 1 is 1.17 bits per heavy atom. The van der Waals surface area contributed by atoms with E-state index in [4.69, 9.17) is 4.98 Å². The minimum Gasteiger partial charge on any atom is -0.394 e. The molecule has 0 bridgehead atoms. The lowest BCUT2D eigenvalue weighted by molar-refractivity contribution is 0.0677. The van der Waals surface area contributed by atoms with E-state index in [0.29, 0.717) is 41.6 Å². The number of H-pyrrole nitrogens is 1. The van der Waals surface area contributed by atoms with Crippen molar-refractivity contribution in [2.45, 2.75) is 45.2 Å². The monoisotopic (exact) mass is 471 g/mol. The third-order valence-electron chi connectivity index (χ3n) is 6.73. The summed E-state index contributed by atoms with van der Waals surface area (Å²) in [6.07, 6.45) is 3.39. The van der Waals surface area contributed by atoms with Gasteiger partial charge < -0.3 is 15.0 Å². The van der Waals surface area contributed by atoms with Crippen molar-refractivity contribution in [2.24, 2.45) is 0 Å². The number of carbonyl (C=O) groups is 1. The van der Waals surface area contributed by atoms with Gasteiger partial charge in [0.2, 0.25) is 0 Å². The van der Waals surface area contributed by atoms with Crippen LogP contribution in [-0.4, -0.2) is 54.6 Å². The number of amides is 1. The molecule has 1 atom stereocenters. The van der Waals surface area contributed by atoms with Crippen LogP contribution in [0, 0.1) is 0 Å². The molecule has 180 valence electrons. The van der Waals surface area contributed by atoms with Crippen LogP contribution < -0.4 is 5.69 Å². The molecular weight excluding hydrogens is 442 g/mol. The van der Waals surface area contributed by atoms with Gasteiger partial charge in [-0.2, -0.15) is 0 Å². The van der Waals surface area contributed by atoms with Crippen molar-refractivity contribution < 1.29 is 9.90 Å². The van der Waals surface area contributed by atoms with Gasteiger partial charge in [-0.1, -0.05) is 50.2 Å². The van der Waals surface area contributed by atoms with Crippen LogP contribution in [0.2, 0.25) is 0 Å². The third-order valence-corrected chi connectivity index (χ3v) is 6.73. The fourth-order valence-corrected chi connectivity index (χ4v) is 4.82. The van der Waals surface area contributed by atoms with Crippen LogP contribution in [0.1, 0.15) is 54.1 Å². The predicted octanol–water partition coefficient (Wildman–Crippen LogP) is 3.56. The quantitative estimate of drug-likeness (QED) is 0.448. The summed E-state index contributed by atoms with van der Waals surface area (Å²) in [4.78, 5) is 39.4. The number of hydrogen-bond acceptors (Lipinski definition) is 5. The standard InChI is InChI=1S/C27H29N5O3/c1-17(2)21-7-3-4-8-22(21)24-28-14-23-25(30-24)32(27(35)29-23)15-18-9-11-19(12-10-18)26(34)31-13-5-6-20(31)16-33/h3-4,7-12,14,17,20,33H,5-6,13,15-16H2,1-2H3,(H,29,35)/t20-/m0/s1. The van der Waals surface area contributed by atoms with Crippen molar-refractivity contribution >= 4 is 17.1 Å². The van der Waals surface area contributed by atoms with Crippen LogP contribution in [0.5, 0.6) is 0 Å². The summed E-state index contributed by atoms with van der Waals surface area (Å²) in [5, 5.41) is 9.53. The maximum atomic E-state index is 12.9. The number of likely N-dealkylation sites (tertiary alicyclic amines) is 1. The Balaban J connectivity index is 1.44. The highest BCUT2D eigenvalue weighted by atomic mass is 16.3. The number of hydrogen-bond donors (Lipinski definition) is 2. The van der Waals surface area contributed by atoms with E-state index in [9.17, 15) is 14.7 Å². The number of benzene rings is 2. The fourth-order valence-electron chi connectivity index (χ4n) is 4.82. The molecule has 8 nitrogen and oxygen atoms in total. The smallest absolute Gasteiger partial charge is 0.328 e. The second-order valence-corrected chi connectivity index (χ2v) is 9.36. The Morgan fingerprint density at radius 3 is 2.69 bits per heavy atom. The van der Waals surface area contributed by atoms with E-state index in [-0.39, 0.29) is 24.2 Å². The first-order valence-electron chi connectivity index (χ1n) is 12.0. The van der Waals surface area contributed by atoms with Crippen LogP contribution in [-0.2, 0) is 6.54 Å². The van der Waals surface area contributed by atoms with Gasteiger partial charge in [0.1, 0.15) is 5.52 Å². The molecule has 1 amide bonds. The molecule has 0 aliphatic carbocycles. The normalized spacial score (nSPS) is 15.9. The van der Waals surface area contributed by atoms with E-state index in [1.165, 1.54) is 0 Å². The van der Waals surface area contributed by atoms with Crippen molar-refractivity contribution in [1.82, 2.24) is 24.4 Å². The molecule has 4 aromatic rings. The average molecular weight is 472 g/mol. The summed E-state index contributed by atoms with van der Waals surface area (Å²) in [5.74, 6) is 0.825. The molecular formula is C27H29N5O3. The molecule has 2 aromatic heterocycles. The SMILES string of the molecule is CC(C)c1ccccc1-c1ncc2[nH]c(=O)n(Cc3ccc(C(=O)N4CCC[C@H]4CO)cc3)c2n1. The van der Waals surface area contributed by atoms with Gasteiger partial charge in [-0.25, -0.2) is 14.8 Å². The molecule has 0 saturated carbocycles. The first-order valence-corrected chi connectivity index (χ1v) is 12.0. The van der Waals surface area contributed by atoms with Gasteiger partial charge in [0.25, 0.3) is 5.91 Å². The predicted molar refractivity (Wildman–Crippen MR) is 134 cm³/mol. The zero-order chi connectivity index (χ0) is 24.5. The van der Waals surface area contributed by atoms with Crippen molar-refractivity contribution in [2.75, 3.05) is 13.2 Å². The van der Waals surface area contributed by atoms with Crippen LogP contribution >= 0.6 is 0 Å². The van der Waals surface area contributed by atoms with Gasteiger partial charge in [0, 0.05) is 17.7 Å². The minimum absolute atomic E-state index is 0.0151. The molecule has 1 saturated heterocycles. The third kappa shape index (κ3) is 4.37. The van der Waals surface area contributed by atoms with Crippen molar-refractivity contribution in [3.05, 3.63) is 81.9 Å². The Morgan fingerprint density at radius 2 is 1.94 bits per heavy atom. The number of carbonyl (C=O) groups excluding carboxylic acids is 1. The number of rotatable bonds is 6. The highest BCUT2D eigenvalue weighted by Gasteiger charge is 2.28. The highest BCUT2D eigenvalue weighted by Crippen LogP contribution is 2.27. The van der Waals surface area contributed by atoms with Gasteiger partial charge in [-0.3, -0.25) is 9.36 Å². The molecule has 1 aliphatic rings. The summed E-state index contributed by atoms with van der Waals surface area (Å²) in [6.45, 7) is 5.23. The Hall–Kier alpha value is -3.78. The van der Waals surface area contributed by atoms with Gasteiger partial charge in [0.05, 0.1) is 25.4 Å². The number of fused-ring (bicyclic) bond motifs is 1. The van der Waals surface area contributed by atoms with Crippen LogP contribution in [0.3, 0.4) is 0 Å². The van der Waals surface area contributed by atoms with Crippen molar-refractivity contribution in [3.8, 4) is 11.4 Å². The molecule has 2 aromatic carbocycles. The minimum atomic E-state index is -0.258. The highest BCUT2D eigenvalue weighted by molar-refractivity contribution is 5.94. The number of nitrogens with zero attached hydrogens (tertiary/aromatic N) is 4. The summed E-state index contributed by atoms with van der Waals surface area (Å²) >= 11 is 0. The number of aliphatic hydroxyl groups is 1. The molecule has 0 spiro atoms. The maximum Gasteiger partial charge on any atom is 0.328 e. The lowest BCUT2D eigenvalue weighted by atomic mass is 9.97. The summed E-state index contributed by atoms with van der Waals surface area (Å²) < 4.78 is 1.59. The van der Waals surface area contributed by atoms with E-state index in [1.54, 1.807) is 27.8 Å². The zero-order valence-electron chi connectivity index (χ0n) is 19.9. The molecule has 5 rings (SSSR count). The lowest BCUT2D eigenvalue weighted by Crippen LogP contribution is -2.37. The number of aliphatic hydroxyl groups excluding tert-OH is 1. The van der Waals surface area contributed by atoms with Crippen molar-refractivity contribution in [1.29, 1.82) is 0 Å². The average Bonchev–Trinajstić information content (AvgIpc) is 3.48. The largest absolute Gasteiger partial charge is 0.394 e. The molecule has 0 unspecified atom stereocenters. The number of aromatic nitrogens is 4. The number of imidazole rings is 1. The Labute approximate surface area is 203 Å². The van der Waals surface area contributed by atoms with E-state index in [0.717, 1.165) is 29.5 Å². The maximum absolute atomic E-state index is 12.9. The summed E-state index contributed by atoms with van der Waals surface area (Å²) in [7, 11) is 0. The topological polar surface area (TPSA) is 104 Å². The van der Waals surface area contributed by atoms with Crippen LogP contribution in [0.25, 0.3) is 22.6 Å². The van der Waals surface area contributed by atoms with Crippen LogP contribution in [0.15, 0.2) is 59.5 Å². The molecule has 3 heterocycles. The molecule has 1 aliphatic heterocycles. The zero-order valence-corrected chi connectivity index (χ0v) is 19.9. The van der Waals surface area contributed by atoms with E-state index in [1.807, 2.05) is 30.3 Å². The van der Waals surface area contributed by atoms with Gasteiger partial charge in [-0.05, 0) is 42.0 Å². The Kier molecular flexibility index (Phi) is 6.21. The summed E-state index contributed by atoms with van der Waals surface area (Å²) in [6, 6.07) is 15.2. The van der Waals surface area contributed by atoms with Crippen LogP contribution in [0.4, 0.5) is 0 Å².